The van der Waals surface area contributed by atoms with Crippen molar-refractivity contribution in [2.45, 2.75) is 62.4 Å². The second-order valence-electron chi connectivity index (χ2n) is 10.2. The highest BCUT2D eigenvalue weighted by Crippen LogP contribution is 2.50. The van der Waals surface area contributed by atoms with Crippen LogP contribution in [0.3, 0.4) is 0 Å². The van der Waals surface area contributed by atoms with Gasteiger partial charge in [-0.25, -0.2) is 0 Å². The molecule has 33 heavy (non-hydrogen) atoms. The molecule has 5 nitrogen and oxygen atoms in total. The van der Waals surface area contributed by atoms with E-state index in [0.717, 1.165) is 44.2 Å². The quantitative estimate of drug-likeness (QED) is 0.749. The second-order valence-corrected chi connectivity index (χ2v) is 10.2. The summed E-state index contributed by atoms with van der Waals surface area (Å²) in [5.74, 6) is 0.395. The van der Waals surface area contributed by atoms with Gasteiger partial charge < -0.3 is 15.5 Å². The molecule has 2 saturated heterocycles. The molecule has 0 bridgehead atoms. The van der Waals surface area contributed by atoms with Gasteiger partial charge in [-0.1, -0.05) is 79.9 Å². The number of likely N-dealkylation sites (tertiary alicyclic amines) is 1. The summed E-state index contributed by atoms with van der Waals surface area (Å²) >= 11 is 0. The summed E-state index contributed by atoms with van der Waals surface area (Å²) < 4.78 is 0. The normalized spacial score (nSPS) is 28.7. The lowest BCUT2D eigenvalue weighted by molar-refractivity contribution is -0.140. The maximum Gasteiger partial charge on any atom is 0.233 e. The molecule has 2 N–H and O–H groups in total. The third-order valence-corrected chi connectivity index (χ3v) is 8.22. The zero-order valence-corrected chi connectivity index (χ0v) is 19.6. The molecule has 0 aromatic heterocycles. The lowest BCUT2D eigenvalue weighted by Crippen LogP contribution is -2.63. The van der Waals surface area contributed by atoms with E-state index in [1.807, 2.05) is 12.1 Å². The molecule has 1 aliphatic carbocycles. The molecular weight excluding hydrogens is 410 g/mol. The number of nitrogens with zero attached hydrogens (tertiary/aromatic N) is 1. The molecule has 3 aliphatic rings. The fraction of sp³-hybridized carbons (Fsp3) is 0.500. The minimum atomic E-state index is -0.481. The molecule has 174 valence electrons. The van der Waals surface area contributed by atoms with Crippen LogP contribution in [0.4, 0.5) is 0 Å². The van der Waals surface area contributed by atoms with E-state index in [1.165, 1.54) is 12.0 Å². The van der Waals surface area contributed by atoms with E-state index in [9.17, 15) is 9.59 Å². The first-order valence-corrected chi connectivity index (χ1v) is 12.5. The van der Waals surface area contributed by atoms with E-state index in [2.05, 4.69) is 64.1 Å². The number of hydrogen-bond donors (Lipinski definition) is 2. The van der Waals surface area contributed by atoms with Crippen molar-refractivity contribution in [1.82, 2.24) is 15.5 Å². The van der Waals surface area contributed by atoms with Gasteiger partial charge in [-0.05, 0) is 36.9 Å². The molecule has 0 spiro atoms. The molecular formula is C28H35N3O2. The van der Waals surface area contributed by atoms with Crippen molar-refractivity contribution in [1.29, 1.82) is 0 Å². The van der Waals surface area contributed by atoms with Crippen LogP contribution >= 0.6 is 0 Å². The molecule has 2 aliphatic heterocycles. The number of piperidine rings is 1. The van der Waals surface area contributed by atoms with Crippen molar-refractivity contribution in [2.75, 3.05) is 19.6 Å². The number of carbonyl (C=O) groups is 2. The van der Waals surface area contributed by atoms with Gasteiger partial charge in [-0.3, -0.25) is 9.59 Å². The highest BCUT2D eigenvalue weighted by molar-refractivity contribution is 5.89. The van der Waals surface area contributed by atoms with Crippen LogP contribution in [0.25, 0.3) is 0 Å². The van der Waals surface area contributed by atoms with Crippen LogP contribution in [0.15, 0.2) is 60.7 Å². The van der Waals surface area contributed by atoms with E-state index in [4.69, 9.17) is 0 Å². The Labute approximate surface area is 196 Å². The fourth-order valence-corrected chi connectivity index (χ4v) is 6.83. The Hall–Kier alpha value is -2.66. The van der Waals surface area contributed by atoms with Crippen LogP contribution < -0.4 is 10.6 Å². The predicted octanol–water partition coefficient (Wildman–Crippen LogP) is 3.96. The Morgan fingerprint density at radius 2 is 1.64 bits per heavy atom. The van der Waals surface area contributed by atoms with Crippen molar-refractivity contribution >= 4 is 11.8 Å². The molecule has 0 unspecified atom stereocenters. The number of amides is 2. The van der Waals surface area contributed by atoms with Gasteiger partial charge in [0.05, 0.1) is 17.0 Å². The monoisotopic (exact) mass is 445 g/mol. The summed E-state index contributed by atoms with van der Waals surface area (Å²) in [6, 6.07) is 20.8. The van der Waals surface area contributed by atoms with E-state index >= 15 is 0 Å². The highest BCUT2D eigenvalue weighted by atomic mass is 16.2. The van der Waals surface area contributed by atoms with Gasteiger partial charge in [0.2, 0.25) is 11.8 Å². The van der Waals surface area contributed by atoms with Crippen LogP contribution in [-0.4, -0.2) is 41.9 Å². The number of fused-ring (bicyclic) bond motifs is 1. The molecule has 3 fully saturated rings. The van der Waals surface area contributed by atoms with Crippen molar-refractivity contribution in [3.05, 3.63) is 71.8 Å². The number of hydrogen-bond acceptors (Lipinski definition) is 3. The Kier molecular flexibility index (Phi) is 6.00. The van der Waals surface area contributed by atoms with Gasteiger partial charge in [0.25, 0.3) is 0 Å². The van der Waals surface area contributed by atoms with Crippen LogP contribution in [0, 0.1) is 5.92 Å². The lowest BCUT2D eigenvalue weighted by atomic mass is 9.68. The standard InChI is InChI=1S/C28H35N3O2/c1-21(32)30-28-19-29-18-15-24(28)25(22-11-5-2-6-12-22)31(20-28)26(33)27(16-9-4-10-17-27)23-13-7-3-8-14-23/h2-3,5-8,11-14,24-25,29H,4,9-10,15-20H2,1H3,(H,30,32)/t24-,25-,28-/m1/s1. The molecule has 2 heterocycles. The van der Waals surface area contributed by atoms with Crippen molar-refractivity contribution < 1.29 is 9.59 Å². The van der Waals surface area contributed by atoms with Crippen LogP contribution in [0.1, 0.15) is 62.6 Å². The largest absolute Gasteiger partial charge is 0.347 e. The molecule has 3 atom stereocenters. The third-order valence-electron chi connectivity index (χ3n) is 8.22. The minimum Gasteiger partial charge on any atom is -0.347 e. The van der Waals surface area contributed by atoms with E-state index < -0.39 is 11.0 Å². The van der Waals surface area contributed by atoms with Crippen LogP contribution in [0.5, 0.6) is 0 Å². The maximum absolute atomic E-state index is 14.7. The average Bonchev–Trinajstić information content (AvgIpc) is 3.19. The summed E-state index contributed by atoms with van der Waals surface area (Å²) in [5.41, 5.74) is 1.39. The summed E-state index contributed by atoms with van der Waals surface area (Å²) in [4.78, 5) is 29.1. The van der Waals surface area contributed by atoms with Crippen molar-refractivity contribution in [3.8, 4) is 0 Å². The Morgan fingerprint density at radius 1 is 0.970 bits per heavy atom. The first-order chi connectivity index (χ1) is 16.1. The first kappa shape index (κ1) is 22.1. The Morgan fingerprint density at radius 3 is 2.30 bits per heavy atom. The maximum atomic E-state index is 14.7. The van der Waals surface area contributed by atoms with Gasteiger partial charge in [0, 0.05) is 25.9 Å². The number of benzene rings is 2. The summed E-state index contributed by atoms with van der Waals surface area (Å²) in [7, 11) is 0. The fourth-order valence-electron chi connectivity index (χ4n) is 6.83. The van der Waals surface area contributed by atoms with E-state index in [1.54, 1.807) is 6.92 Å². The van der Waals surface area contributed by atoms with Crippen LogP contribution in [0.2, 0.25) is 0 Å². The Balaban J connectivity index is 1.61. The second kappa shape index (κ2) is 8.94. The molecule has 5 rings (SSSR count). The van der Waals surface area contributed by atoms with Gasteiger partial charge in [-0.2, -0.15) is 0 Å². The SMILES string of the molecule is CC(=O)N[C@@]12CNCC[C@@H]1[C@@H](c1ccccc1)N(C(=O)C1(c3ccccc3)CCCCC1)C2. The third kappa shape index (κ3) is 3.86. The van der Waals surface area contributed by atoms with Gasteiger partial charge in [0.1, 0.15) is 0 Å². The number of rotatable bonds is 4. The molecule has 1 saturated carbocycles. The summed E-state index contributed by atoms with van der Waals surface area (Å²) in [6.07, 6.45) is 6.06. The lowest BCUT2D eigenvalue weighted by Gasteiger charge is -2.41. The highest BCUT2D eigenvalue weighted by Gasteiger charge is 2.58. The van der Waals surface area contributed by atoms with Gasteiger partial charge in [-0.15, -0.1) is 0 Å². The van der Waals surface area contributed by atoms with Crippen molar-refractivity contribution in [3.63, 3.8) is 0 Å². The molecule has 5 heteroatoms. The molecule has 2 aromatic carbocycles. The summed E-state index contributed by atoms with van der Waals surface area (Å²) in [6.45, 7) is 3.75. The van der Waals surface area contributed by atoms with Gasteiger partial charge >= 0.3 is 0 Å². The number of carbonyl (C=O) groups excluding carboxylic acids is 2. The average molecular weight is 446 g/mol. The minimum absolute atomic E-state index is 0.0275. The van der Waals surface area contributed by atoms with E-state index in [-0.39, 0.29) is 23.8 Å². The van der Waals surface area contributed by atoms with Crippen molar-refractivity contribution in [2.24, 2.45) is 5.92 Å². The topological polar surface area (TPSA) is 61.4 Å². The van der Waals surface area contributed by atoms with Gasteiger partial charge in [0.15, 0.2) is 0 Å². The van der Waals surface area contributed by atoms with Crippen LogP contribution in [-0.2, 0) is 15.0 Å². The Bertz CT molecular complexity index is 987. The molecule has 0 radical (unpaired) electrons. The molecule has 2 amide bonds. The summed E-state index contributed by atoms with van der Waals surface area (Å²) in [5, 5.41) is 6.80. The van der Waals surface area contributed by atoms with E-state index in [0.29, 0.717) is 13.1 Å². The zero-order chi connectivity index (χ0) is 22.9. The predicted molar refractivity (Wildman–Crippen MR) is 130 cm³/mol. The number of nitrogens with one attached hydrogen (secondary N) is 2. The smallest absolute Gasteiger partial charge is 0.233 e. The first-order valence-electron chi connectivity index (χ1n) is 12.5. The molecule has 2 aromatic rings. The zero-order valence-electron chi connectivity index (χ0n) is 19.6.